The van der Waals surface area contributed by atoms with Gasteiger partial charge in [0.05, 0.1) is 0 Å². The maximum absolute atomic E-state index is 5.59. The first-order valence-corrected chi connectivity index (χ1v) is 33.3. The Kier molecular flexibility index (Phi) is 9.57. The van der Waals surface area contributed by atoms with Gasteiger partial charge in [0, 0.05) is 0 Å². The van der Waals surface area contributed by atoms with E-state index in [2.05, 4.69) is 240 Å². The molecule has 0 amide bonds. The van der Waals surface area contributed by atoms with Crippen molar-refractivity contribution in [2.45, 2.75) is 5.41 Å². The number of benzene rings is 8. The van der Waals surface area contributed by atoms with Crippen LogP contribution in [0.15, 0.2) is 243 Å². The summed E-state index contributed by atoms with van der Waals surface area (Å²) in [6.07, 6.45) is 8.43. The summed E-state index contributed by atoms with van der Waals surface area (Å²) in [5.74, 6) is 0. The number of para-hydroxylation sites is 2. The Balaban J connectivity index is 0.900. The van der Waals surface area contributed by atoms with E-state index in [9.17, 15) is 0 Å². The maximum atomic E-state index is 5.59. The van der Waals surface area contributed by atoms with E-state index in [0.717, 1.165) is 28.3 Å². The Labute approximate surface area is 452 Å². The van der Waals surface area contributed by atoms with Crippen LogP contribution in [-0.2, 0) is 5.41 Å². The summed E-state index contributed by atoms with van der Waals surface area (Å²) >= 11 is -2.91. The van der Waals surface area contributed by atoms with Gasteiger partial charge < -0.3 is 0 Å². The molecule has 0 saturated heterocycles. The summed E-state index contributed by atoms with van der Waals surface area (Å²) < 4.78 is 9.98. The Hall–Kier alpha value is -7.51. The first-order chi connectivity index (χ1) is 36.7. The number of pyridine rings is 2. The van der Waals surface area contributed by atoms with E-state index in [0.29, 0.717) is 0 Å². The fourth-order valence-corrected chi connectivity index (χ4v) is 29.1. The van der Waals surface area contributed by atoms with Crippen LogP contribution in [0.2, 0.25) is 0 Å². The number of hydrogen-bond acceptors (Lipinski definition) is 4. The van der Waals surface area contributed by atoms with Crippen LogP contribution in [0.5, 0.6) is 0 Å². The fraction of sp³-hybridized carbons (Fsp3) is 0.0154. The molecule has 0 radical (unpaired) electrons. The van der Waals surface area contributed by atoms with Gasteiger partial charge in [-0.25, -0.2) is 0 Å². The second kappa shape index (κ2) is 16.5. The number of nitrogens with zero attached hydrogens (tertiary/aromatic N) is 6. The molecule has 12 aromatic rings. The summed E-state index contributed by atoms with van der Waals surface area (Å²) in [7, 11) is -2.88. The molecular weight excluding hydrogens is 1310 g/mol. The van der Waals surface area contributed by atoms with Crippen molar-refractivity contribution in [3.8, 4) is 67.3 Å². The zero-order chi connectivity index (χ0) is 48.5. The number of fused-ring (bicyclic) bond motifs is 24. The summed E-state index contributed by atoms with van der Waals surface area (Å²) in [5, 5.41) is 16.6. The van der Waals surface area contributed by atoms with Crippen LogP contribution >= 0.6 is 0 Å². The van der Waals surface area contributed by atoms with E-state index in [1.54, 1.807) is 0 Å². The van der Waals surface area contributed by atoms with Crippen LogP contribution in [0, 0.1) is 0 Å². The molecule has 346 valence electrons. The molecule has 3 aliphatic heterocycles. The fourth-order valence-electron chi connectivity index (χ4n) is 12.7. The van der Waals surface area contributed by atoms with Gasteiger partial charge in [0.2, 0.25) is 0 Å². The van der Waals surface area contributed by atoms with Crippen LogP contribution in [0.3, 0.4) is 0 Å². The summed E-state index contributed by atoms with van der Waals surface area (Å²) in [5.41, 5.74) is 18.3. The molecule has 4 aromatic heterocycles. The zero-order valence-corrected chi connectivity index (χ0v) is 46.9. The molecular formula is C65H40N6Po2Si. The molecule has 6 nitrogen and oxygen atoms in total. The predicted molar refractivity (Wildman–Crippen MR) is 303 cm³/mol. The molecule has 4 bridgehead atoms. The van der Waals surface area contributed by atoms with Crippen molar-refractivity contribution in [2.24, 2.45) is 0 Å². The number of aromatic nitrogens is 6. The van der Waals surface area contributed by atoms with E-state index >= 15 is 0 Å². The van der Waals surface area contributed by atoms with Gasteiger partial charge in [-0.3, -0.25) is 0 Å². The first-order valence-electron chi connectivity index (χ1n) is 24.9. The molecule has 1 unspecified atom stereocenters. The van der Waals surface area contributed by atoms with Crippen molar-refractivity contribution in [3.63, 3.8) is 0 Å². The standard InChI is InChI=1S/C65H40N6Si.2Po/c1-3-21-49(22-4-1)70-40-37-62(68-70)65(48-20-15-18-45(42-48)58-32-13-14-39-66-58)56-30-10-7-28-55(56)64-52(29-17-31-57(64)65)47-35-36-59(67-44-47)46-19-16-25-51(43-46)72(63-38-41-71(69-63)50-23-5-2-6-24-50)60-33-11-8-26-53(60)54-27-9-12-34-61(54)72;;/h1-21,23,25-41,44H;;. The third-order valence-electron chi connectivity index (χ3n) is 15.7. The summed E-state index contributed by atoms with van der Waals surface area (Å²) in [4.78, 5) is 10.5. The topological polar surface area (TPSA) is 61.4 Å². The summed E-state index contributed by atoms with van der Waals surface area (Å²) in [6, 6.07) is 81.5. The SMILES string of the molecule is c1ccc(-c2cccc3[c]2[Po][c]2ccccc2-n2ccc(n2)C32c3ccccc3-c3c(-c4ccc(-c5cccc6[c]5[Po][c]5ccccc5-n5ccc(n5)[Si]65c6ccccc6-c6ccccc65)nc4)cccc32)nc1. The second-order valence-electron chi connectivity index (χ2n) is 19.3. The van der Waals surface area contributed by atoms with Crippen molar-refractivity contribution >= 4 is 89.0 Å². The van der Waals surface area contributed by atoms with Crippen molar-refractivity contribution < 1.29 is 0 Å². The van der Waals surface area contributed by atoms with Gasteiger partial charge in [0.1, 0.15) is 0 Å². The average Bonchev–Trinajstić information content (AvgIpc) is 4.28. The van der Waals surface area contributed by atoms with Crippen LogP contribution in [-0.4, -0.2) is 84.7 Å². The Bertz CT molecular complexity index is 4250. The minimum absolute atomic E-state index is 0.684. The van der Waals surface area contributed by atoms with Gasteiger partial charge in [-0.05, 0) is 0 Å². The third kappa shape index (κ3) is 5.92. The molecule has 16 rings (SSSR count). The van der Waals surface area contributed by atoms with E-state index in [1.165, 1.54) is 95.1 Å². The molecule has 1 atom stereocenters. The molecule has 2 spiro atoms. The van der Waals surface area contributed by atoms with Crippen LogP contribution < -0.4 is 33.8 Å². The van der Waals surface area contributed by atoms with Crippen molar-refractivity contribution in [1.82, 2.24) is 29.5 Å². The second-order valence-corrected chi connectivity index (χ2v) is 31.1. The van der Waals surface area contributed by atoms with Crippen molar-refractivity contribution in [1.29, 1.82) is 0 Å². The molecule has 4 aliphatic rings. The molecule has 74 heavy (non-hydrogen) atoms. The Morgan fingerprint density at radius 1 is 0.392 bits per heavy atom. The first kappa shape index (κ1) is 42.9. The van der Waals surface area contributed by atoms with Crippen LogP contribution in [0.1, 0.15) is 22.4 Å². The molecule has 0 saturated carbocycles. The van der Waals surface area contributed by atoms with Crippen LogP contribution in [0.25, 0.3) is 67.3 Å². The molecule has 7 heterocycles. The third-order valence-corrected chi connectivity index (χ3v) is 30.7. The zero-order valence-electron chi connectivity index (χ0n) is 39.6. The van der Waals surface area contributed by atoms with Crippen LogP contribution in [0.4, 0.5) is 0 Å². The van der Waals surface area contributed by atoms with E-state index in [4.69, 9.17) is 20.2 Å². The Morgan fingerprint density at radius 3 is 1.70 bits per heavy atom. The van der Waals surface area contributed by atoms with Crippen molar-refractivity contribution in [2.75, 3.05) is 0 Å². The average molecular weight is 1350 g/mol. The van der Waals surface area contributed by atoms with E-state index in [-0.39, 0.29) is 0 Å². The van der Waals surface area contributed by atoms with Gasteiger partial charge in [0.15, 0.2) is 0 Å². The predicted octanol–water partition coefficient (Wildman–Crippen LogP) is 7.51. The Morgan fingerprint density at radius 2 is 0.959 bits per heavy atom. The van der Waals surface area contributed by atoms with E-state index < -0.39 is 60.6 Å². The number of hydrogen-bond donors (Lipinski definition) is 0. The quantitative estimate of drug-likeness (QED) is 0.172. The van der Waals surface area contributed by atoms with Gasteiger partial charge in [-0.1, -0.05) is 0 Å². The van der Waals surface area contributed by atoms with Crippen molar-refractivity contribution in [3.05, 3.63) is 266 Å². The monoisotopic (exact) mass is 1350 g/mol. The summed E-state index contributed by atoms with van der Waals surface area (Å²) in [6.45, 7) is 0. The molecule has 0 fully saturated rings. The molecule has 0 N–H and O–H groups in total. The van der Waals surface area contributed by atoms with Gasteiger partial charge in [-0.15, -0.1) is 0 Å². The van der Waals surface area contributed by atoms with Gasteiger partial charge >= 0.3 is 457 Å². The van der Waals surface area contributed by atoms with Gasteiger partial charge in [-0.2, -0.15) is 0 Å². The molecule has 1 aliphatic carbocycles. The number of rotatable bonds is 3. The molecule has 8 aromatic carbocycles. The normalized spacial score (nSPS) is 15.6. The van der Waals surface area contributed by atoms with E-state index in [1.807, 2.05) is 12.3 Å². The van der Waals surface area contributed by atoms with Gasteiger partial charge in [0.25, 0.3) is 0 Å². The molecule has 9 heteroatoms. The minimum atomic E-state index is -2.88.